The fourth-order valence-electron chi connectivity index (χ4n) is 1.12. The van der Waals surface area contributed by atoms with Crippen LogP contribution in [0.15, 0.2) is 24.4 Å². The highest BCUT2D eigenvalue weighted by Crippen LogP contribution is 2.35. The van der Waals surface area contributed by atoms with Gasteiger partial charge in [-0.2, -0.15) is 4.98 Å². The molecule has 0 unspecified atom stereocenters. The second kappa shape index (κ2) is 4.96. The number of aromatic nitrogens is 2. The van der Waals surface area contributed by atoms with E-state index in [1.54, 1.807) is 18.2 Å². The van der Waals surface area contributed by atoms with E-state index >= 15 is 0 Å². The van der Waals surface area contributed by atoms with Crippen LogP contribution < -0.4 is 10.5 Å². The van der Waals surface area contributed by atoms with Crippen molar-refractivity contribution in [3.8, 4) is 11.5 Å². The molecule has 1 heterocycles. The Hall–Kier alpha value is -1.23. The Bertz CT molecular complexity index is 562. The van der Waals surface area contributed by atoms with E-state index in [1.807, 2.05) is 0 Å². The van der Waals surface area contributed by atoms with Crippen LogP contribution in [0.5, 0.6) is 11.5 Å². The van der Waals surface area contributed by atoms with Gasteiger partial charge >= 0.3 is 0 Å². The largest absolute Gasteiger partial charge is 0.450 e. The molecular formula is C10H6Cl3N3O. The highest BCUT2D eigenvalue weighted by Gasteiger charge is 2.10. The Morgan fingerprint density at radius 1 is 1.12 bits per heavy atom. The molecule has 4 nitrogen and oxygen atoms in total. The number of nitrogens with zero attached hydrogens (tertiary/aromatic N) is 2. The van der Waals surface area contributed by atoms with Gasteiger partial charge < -0.3 is 10.5 Å². The highest BCUT2D eigenvalue weighted by atomic mass is 35.5. The van der Waals surface area contributed by atoms with Crippen molar-refractivity contribution in [3.63, 3.8) is 0 Å². The van der Waals surface area contributed by atoms with Gasteiger partial charge in [0.25, 0.3) is 0 Å². The lowest BCUT2D eigenvalue weighted by Gasteiger charge is -2.09. The third-order valence-electron chi connectivity index (χ3n) is 1.89. The zero-order valence-electron chi connectivity index (χ0n) is 8.32. The fourth-order valence-corrected chi connectivity index (χ4v) is 1.59. The van der Waals surface area contributed by atoms with E-state index in [0.717, 1.165) is 0 Å². The second-order valence-electron chi connectivity index (χ2n) is 3.04. The quantitative estimate of drug-likeness (QED) is 0.854. The number of rotatable bonds is 2. The van der Waals surface area contributed by atoms with Crippen LogP contribution in [0.3, 0.4) is 0 Å². The monoisotopic (exact) mass is 289 g/mol. The first-order valence-corrected chi connectivity index (χ1v) is 5.61. The number of nitrogen functional groups attached to an aromatic ring is 1. The molecule has 0 radical (unpaired) electrons. The molecule has 1 aromatic heterocycles. The third-order valence-corrected chi connectivity index (χ3v) is 2.87. The first-order chi connectivity index (χ1) is 8.08. The molecule has 0 amide bonds. The molecule has 0 atom stereocenters. The summed E-state index contributed by atoms with van der Waals surface area (Å²) in [6, 6.07) is 5.01. The van der Waals surface area contributed by atoms with Gasteiger partial charge in [0.2, 0.25) is 5.28 Å². The SMILES string of the molecule is Nc1nc(Cl)ncc1Oc1cccc(Cl)c1Cl. The lowest BCUT2D eigenvalue weighted by atomic mass is 10.3. The summed E-state index contributed by atoms with van der Waals surface area (Å²) in [6.45, 7) is 0. The lowest BCUT2D eigenvalue weighted by molar-refractivity contribution is 0.480. The van der Waals surface area contributed by atoms with Crippen LogP contribution in [0.4, 0.5) is 5.82 Å². The van der Waals surface area contributed by atoms with Crippen LogP contribution in [0.25, 0.3) is 0 Å². The van der Waals surface area contributed by atoms with Crippen molar-refractivity contribution in [2.45, 2.75) is 0 Å². The van der Waals surface area contributed by atoms with Crippen molar-refractivity contribution in [1.82, 2.24) is 9.97 Å². The predicted octanol–water partition coefficient (Wildman–Crippen LogP) is 3.81. The zero-order chi connectivity index (χ0) is 12.4. The number of halogens is 3. The summed E-state index contributed by atoms with van der Waals surface area (Å²) in [6.07, 6.45) is 1.36. The Labute approximate surface area is 112 Å². The maximum Gasteiger partial charge on any atom is 0.224 e. The minimum absolute atomic E-state index is 0.0482. The molecule has 0 aliphatic rings. The van der Waals surface area contributed by atoms with Crippen molar-refractivity contribution in [2.75, 3.05) is 5.73 Å². The van der Waals surface area contributed by atoms with Gasteiger partial charge in [0.1, 0.15) is 10.8 Å². The molecule has 0 fully saturated rings. The first kappa shape index (κ1) is 12.2. The lowest BCUT2D eigenvalue weighted by Crippen LogP contribution is -1.97. The van der Waals surface area contributed by atoms with Gasteiger partial charge in [-0.1, -0.05) is 29.3 Å². The maximum atomic E-state index is 5.96. The standard InChI is InChI=1S/C10H6Cl3N3O/c11-5-2-1-3-6(8(5)12)17-7-4-15-10(13)16-9(7)14/h1-4H,(H2,14,15,16). The zero-order valence-corrected chi connectivity index (χ0v) is 10.6. The molecule has 2 aromatic rings. The molecule has 1 aromatic carbocycles. The summed E-state index contributed by atoms with van der Waals surface area (Å²) < 4.78 is 5.45. The molecular weight excluding hydrogens is 284 g/mol. The van der Waals surface area contributed by atoms with Crippen molar-refractivity contribution < 1.29 is 4.74 Å². The number of ether oxygens (including phenoxy) is 1. The molecule has 0 saturated carbocycles. The minimum atomic E-state index is 0.0482. The maximum absolute atomic E-state index is 5.96. The average molecular weight is 291 g/mol. The van der Waals surface area contributed by atoms with Gasteiger partial charge in [0.15, 0.2) is 11.6 Å². The van der Waals surface area contributed by atoms with E-state index < -0.39 is 0 Å². The average Bonchev–Trinajstić information content (AvgIpc) is 2.28. The minimum Gasteiger partial charge on any atom is -0.450 e. The Morgan fingerprint density at radius 3 is 2.59 bits per heavy atom. The smallest absolute Gasteiger partial charge is 0.224 e. The Balaban J connectivity index is 2.35. The van der Waals surface area contributed by atoms with Gasteiger partial charge in [-0.05, 0) is 23.7 Å². The van der Waals surface area contributed by atoms with E-state index in [4.69, 9.17) is 45.3 Å². The van der Waals surface area contributed by atoms with Crippen LogP contribution in [0.1, 0.15) is 0 Å². The number of hydrogen-bond donors (Lipinski definition) is 1. The van der Waals surface area contributed by atoms with Gasteiger partial charge in [-0.3, -0.25) is 0 Å². The molecule has 0 aliphatic heterocycles. The summed E-state index contributed by atoms with van der Waals surface area (Å²) >= 11 is 17.4. The predicted molar refractivity (Wildman–Crippen MR) is 68.0 cm³/mol. The molecule has 0 saturated heterocycles. The van der Waals surface area contributed by atoms with E-state index in [0.29, 0.717) is 15.8 Å². The summed E-state index contributed by atoms with van der Waals surface area (Å²) in [5, 5.41) is 0.730. The van der Waals surface area contributed by atoms with Gasteiger partial charge in [-0.25, -0.2) is 4.98 Å². The molecule has 0 aliphatic carbocycles. The highest BCUT2D eigenvalue weighted by molar-refractivity contribution is 6.42. The molecule has 0 bridgehead atoms. The van der Waals surface area contributed by atoms with E-state index in [1.165, 1.54) is 6.20 Å². The van der Waals surface area contributed by atoms with Crippen LogP contribution in [0.2, 0.25) is 15.3 Å². The molecule has 2 N–H and O–H groups in total. The molecule has 0 spiro atoms. The molecule has 88 valence electrons. The number of benzene rings is 1. The van der Waals surface area contributed by atoms with Crippen LogP contribution in [-0.2, 0) is 0 Å². The molecule has 2 rings (SSSR count). The van der Waals surface area contributed by atoms with Gasteiger partial charge in [0.05, 0.1) is 11.2 Å². The van der Waals surface area contributed by atoms with Crippen LogP contribution in [0, 0.1) is 0 Å². The van der Waals surface area contributed by atoms with Crippen molar-refractivity contribution in [2.24, 2.45) is 0 Å². The Kier molecular flexibility index (Phi) is 3.57. The van der Waals surface area contributed by atoms with Crippen LogP contribution >= 0.6 is 34.8 Å². The van der Waals surface area contributed by atoms with Crippen molar-refractivity contribution in [1.29, 1.82) is 0 Å². The topological polar surface area (TPSA) is 61.0 Å². The summed E-state index contributed by atoms with van der Waals surface area (Å²) in [7, 11) is 0. The van der Waals surface area contributed by atoms with E-state index in [-0.39, 0.29) is 16.9 Å². The normalized spacial score (nSPS) is 10.3. The first-order valence-electron chi connectivity index (χ1n) is 4.48. The van der Waals surface area contributed by atoms with Gasteiger partial charge in [0, 0.05) is 0 Å². The number of anilines is 1. The van der Waals surface area contributed by atoms with Gasteiger partial charge in [-0.15, -0.1) is 0 Å². The number of nitrogens with two attached hydrogens (primary N) is 1. The fraction of sp³-hybridized carbons (Fsp3) is 0. The van der Waals surface area contributed by atoms with Crippen molar-refractivity contribution in [3.05, 3.63) is 39.7 Å². The molecule has 17 heavy (non-hydrogen) atoms. The van der Waals surface area contributed by atoms with E-state index in [9.17, 15) is 0 Å². The van der Waals surface area contributed by atoms with Crippen LogP contribution in [-0.4, -0.2) is 9.97 Å². The summed E-state index contributed by atoms with van der Waals surface area (Å²) in [4.78, 5) is 7.51. The van der Waals surface area contributed by atoms with E-state index in [2.05, 4.69) is 9.97 Å². The Morgan fingerprint density at radius 2 is 1.88 bits per heavy atom. The summed E-state index contributed by atoms with van der Waals surface area (Å²) in [5.74, 6) is 0.761. The van der Waals surface area contributed by atoms with Crippen molar-refractivity contribution >= 4 is 40.6 Å². The summed E-state index contributed by atoms with van der Waals surface area (Å²) in [5.41, 5.74) is 5.62. The molecule has 7 heteroatoms. The second-order valence-corrected chi connectivity index (χ2v) is 4.17. The number of hydrogen-bond acceptors (Lipinski definition) is 4. The third kappa shape index (κ3) is 2.72.